The normalized spacial score (nSPS) is 52.6. The number of aliphatic hydroxyl groups excluding tert-OH is 3. The van der Waals surface area contributed by atoms with Crippen molar-refractivity contribution in [2.75, 3.05) is 6.61 Å². The summed E-state index contributed by atoms with van der Waals surface area (Å²) in [4.78, 5) is 40.2. The van der Waals surface area contributed by atoms with Crippen LogP contribution in [-0.2, 0) is 33.3 Å². The highest BCUT2D eigenvalue weighted by molar-refractivity contribution is 5.91. The Hall–Kier alpha value is -2.31. The standard InChI is InChI=1S/C33H44O11/c1-7-15(2)27(39)43-28-29(4)19-11-20(35)31(6)25(32(19,14-41-28)21(36)12-22(29)42-16(3)34)24(37)26(38)30(5)18(17-8-9-40-13-17)10-23-33(30,31)44-23/h8-9,13,15,18-23,25-26,28,35-36,38H,7,10-12,14H2,1-6H3/t15?,18-,19-,20+,21-,22+,23+,25-,26-,28-,29+,30+,31+,32+,33+/m0/s1. The van der Waals surface area contributed by atoms with Gasteiger partial charge in [0.1, 0.15) is 17.8 Å². The number of hydrogen-bond donors (Lipinski definition) is 3. The molecule has 4 aliphatic carbocycles. The molecule has 1 spiro atoms. The number of carbonyl (C=O) groups excluding carboxylic acids is 3. The molecule has 44 heavy (non-hydrogen) atoms. The molecule has 1 aromatic heterocycles. The summed E-state index contributed by atoms with van der Waals surface area (Å²) in [5.74, 6) is -3.89. The van der Waals surface area contributed by atoms with E-state index in [2.05, 4.69) is 0 Å². The fraction of sp³-hybridized carbons (Fsp3) is 0.788. The lowest BCUT2D eigenvalue weighted by Gasteiger charge is -2.73. The Kier molecular flexibility index (Phi) is 6.47. The maximum atomic E-state index is 14.8. The van der Waals surface area contributed by atoms with Gasteiger partial charge in [0.15, 0.2) is 5.78 Å². The predicted molar refractivity (Wildman–Crippen MR) is 151 cm³/mol. The summed E-state index contributed by atoms with van der Waals surface area (Å²) in [7, 11) is 0. The average Bonchev–Trinajstić information content (AvgIpc) is 3.33. The van der Waals surface area contributed by atoms with Gasteiger partial charge in [0.25, 0.3) is 0 Å². The van der Waals surface area contributed by atoms with Gasteiger partial charge in [0.2, 0.25) is 6.29 Å². The number of rotatable bonds is 5. The van der Waals surface area contributed by atoms with Crippen LogP contribution in [0, 0.1) is 39.4 Å². The van der Waals surface area contributed by atoms with Crippen LogP contribution in [0.5, 0.6) is 0 Å². The number of carbonyl (C=O) groups is 3. The predicted octanol–water partition coefficient (Wildman–Crippen LogP) is 2.49. The molecule has 3 heterocycles. The molecule has 2 aliphatic heterocycles. The monoisotopic (exact) mass is 616 g/mol. The Morgan fingerprint density at radius 1 is 1.07 bits per heavy atom. The van der Waals surface area contributed by atoms with E-state index in [4.69, 9.17) is 23.4 Å². The molecule has 15 atom stereocenters. The zero-order valence-electron chi connectivity index (χ0n) is 26.1. The van der Waals surface area contributed by atoms with E-state index in [0.717, 1.165) is 5.56 Å². The van der Waals surface area contributed by atoms with E-state index < -0.39 is 93.4 Å². The lowest BCUT2D eigenvalue weighted by atomic mass is 9.33. The molecule has 0 radical (unpaired) electrons. The third kappa shape index (κ3) is 3.23. The van der Waals surface area contributed by atoms with E-state index in [0.29, 0.717) is 12.8 Å². The summed E-state index contributed by atoms with van der Waals surface area (Å²) in [5, 5.41) is 36.5. The highest BCUT2D eigenvalue weighted by Gasteiger charge is 2.92. The van der Waals surface area contributed by atoms with Crippen LogP contribution in [0.1, 0.15) is 78.7 Å². The second-order valence-corrected chi connectivity index (χ2v) is 15.0. The van der Waals surface area contributed by atoms with Crippen LogP contribution in [0.2, 0.25) is 0 Å². The van der Waals surface area contributed by atoms with Crippen LogP contribution in [0.4, 0.5) is 0 Å². The summed E-state index contributed by atoms with van der Waals surface area (Å²) in [6.45, 7) is 10.3. The zero-order valence-corrected chi connectivity index (χ0v) is 26.1. The number of fused-ring (bicyclic) bond motifs is 1. The first-order valence-electron chi connectivity index (χ1n) is 15.9. The fourth-order valence-electron chi connectivity index (χ4n) is 11.2. The van der Waals surface area contributed by atoms with E-state index in [9.17, 15) is 29.7 Å². The van der Waals surface area contributed by atoms with E-state index in [1.165, 1.54) is 6.92 Å². The average molecular weight is 617 g/mol. The van der Waals surface area contributed by atoms with Gasteiger partial charge in [0.05, 0.1) is 48.8 Å². The maximum absolute atomic E-state index is 14.8. The van der Waals surface area contributed by atoms with E-state index >= 15 is 0 Å². The molecule has 1 unspecified atom stereocenters. The van der Waals surface area contributed by atoms with Crippen LogP contribution < -0.4 is 0 Å². The molecule has 7 rings (SSSR count). The van der Waals surface area contributed by atoms with E-state index in [-0.39, 0.29) is 31.5 Å². The molecule has 2 bridgehead atoms. The molecular formula is C33H44O11. The van der Waals surface area contributed by atoms with Gasteiger partial charge in [-0.25, -0.2) is 0 Å². The van der Waals surface area contributed by atoms with Crippen LogP contribution in [-0.4, -0.2) is 82.1 Å². The lowest BCUT2D eigenvalue weighted by molar-refractivity contribution is -0.374. The Bertz CT molecular complexity index is 1380. The summed E-state index contributed by atoms with van der Waals surface area (Å²) >= 11 is 0. The second-order valence-electron chi connectivity index (χ2n) is 15.0. The van der Waals surface area contributed by atoms with Crippen molar-refractivity contribution in [1.82, 2.24) is 0 Å². The van der Waals surface area contributed by atoms with Crippen molar-refractivity contribution in [1.29, 1.82) is 0 Å². The second kappa shape index (κ2) is 9.37. The molecular weight excluding hydrogens is 572 g/mol. The minimum atomic E-state index is -1.46. The number of aliphatic hydroxyl groups is 3. The molecule has 3 N–H and O–H groups in total. The Labute approximate surface area is 256 Å². The first kappa shape index (κ1) is 30.3. The molecule has 6 aliphatic rings. The Balaban J connectivity index is 1.37. The van der Waals surface area contributed by atoms with Crippen LogP contribution in [0.25, 0.3) is 0 Å². The summed E-state index contributed by atoms with van der Waals surface area (Å²) < 4.78 is 30.0. The van der Waals surface area contributed by atoms with Crippen molar-refractivity contribution < 1.29 is 53.1 Å². The first-order chi connectivity index (χ1) is 20.7. The number of hydrogen-bond acceptors (Lipinski definition) is 11. The third-order valence-electron chi connectivity index (χ3n) is 13.5. The van der Waals surface area contributed by atoms with Gasteiger partial charge in [-0.05, 0) is 43.7 Å². The van der Waals surface area contributed by atoms with Gasteiger partial charge >= 0.3 is 11.9 Å². The van der Waals surface area contributed by atoms with E-state index in [1.54, 1.807) is 26.4 Å². The first-order valence-corrected chi connectivity index (χ1v) is 15.9. The number of ether oxygens (including phenoxy) is 4. The molecule has 4 saturated carbocycles. The van der Waals surface area contributed by atoms with Crippen LogP contribution in [0.3, 0.4) is 0 Å². The summed E-state index contributed by atoms with van der Waals surface area (Å²) in [6.07, 6.45) is -1.74. The van der Waals surface area contributed by atoms with Crippen LogP contribution >= 0.6 is 0 Å². The number of epoxide rings is 1. The van der Waals surface area contributed by atoms with Gasteiger partial charge in [0, 0.05) is 41.4 Å². The lowest BCUT2D eigenvalue weighted by Crippen LogP contribution is -2.82. The van der Waals surface area contributed by atoms with Crippen molar-refractivity contribution >= 4 is 17.7 Å². The zero-order chi connectivity index (χ0) is 31.8. The highest BCUT2D eigenvalue weighted by Crippen LogP contribution is 2.82. The summed E-state index contributed by atoms with van der Waals surface area (Å²) in [6, 6.07) is 1.84. The van der Waals surface area contributed by atoms with Crippen molar-refractivity contribution in [3.8, 4) is 0 Å². The van der Waals surface area contributed by atoms with E-state index in [1.807, 2.05) is 26.8 Å². The molecule has 1 aromatic rings. The molecule has 11 nitrogen and oxygen atoms in total. The molecule has 11 heteroatoms. The van der Waals surface area contributed by atoms with Gasteiger partial charge in [-0.2, -0.15) is 0 Å². The number of furan rings is 1. The molecule has 2 saturated heterocycles. The van der Waals surface area contributed by atoms with Gasteiger partial charge in [-0.3, -0.25) is 14.4 Å². The minimum absolute atomic E-state index is 0.0223. The molecule has 242 valence electrons. The number of esters is 2. The Morgan fingerprint density at radius 3 is 2.43 bits per heavy atom. The number of ketones is 1. The number of Topliss-reactive ketones (excluding diaryl/α,β-unsaturated/α-hetero) is 1. The third-order valence-corrected chi connectivity index (χ3v) is 13.5. The highest BCUT2D eigenvalue weighted by atomic mass is 16.7. The SMILES string of the molecule is CCC(C)C(=O)O[C@@H]1OC[C@@]23[C@H]4C(=O)[C@H](O)[C@@]5(C)[C@H](c6ccoc6)C[C@H]6O[C@]65[C@]4(C)[C@H](O)C[C@H]2[C@]1(C)[C@H](OC(C)=O)C[C@@H]3O. The molecule has 6 fully saturated rings. The fourth-order valence-corrected chi connectivity index (χ4v) is 11.2. The minimum Gasteiger partial charge on any atom is -0.472 e. The van der Waals surface area contributed by atoms with Crippen molar-refractivity contribution in [3.63, 3.8) is 0 Å². The van der Waals surface area contributed by atoms with Crippen LogP contribution in [0.15, 0.2) is 23.0 Å². The molecule has 0 aromatic carbocycles. The van der Waals surface area contributed by atoms with Crippen molar-refractivity contribution in [3.05, 3.63) is 24.2 Å². The van der Waals surface area contributed by atoms with Crippen molar-refractivity contribution in [2.24, 2.45) is 39.4 Å². The maximum Gasteiger partial charge on any atom is 0.310 e. The van der Waals surface area contributed by atoms with Crippen molar-refractivity contribution in [2.45, 2.75) is 116 Å². The summed E-state index contributed by atoms with van der Waals surface area (Å²) in [5.41, 5.74) is -4.95. The molecule has 0 amide bonds. The van der Waals surface area contributed by atoms with Gasteiger partial charge in [-0.1, -0.05) is 27.7 Å². The Morgan fingerprint density at radius 2 is 1.80 bits per heavy atom. The topological polar surface area (TPSA) is 165 Å². The largest absolute Gasteiger partial charge is 0.472 e. The smallest absolute Gasteiger partial charge is 0.310 e. The quantitative estimate of drug-likeness (QED) is 0.329. The van der Waals surface area contributed by atoms with Gasteiger partial charge < -0.3 is 38.7 Å². The van der Waals surface area contributed by atoms with Gasteiger partial charge in [-0.15, -0.1) is 0 Å².